The molecule has 0 aliphatic carbocycles. The largest absolute Gasteiger partial charge is 0.378 e. The van der Waals surface area contributed by atoms with Crippen LogP contribution in [0.4, 0.5) is 0 Å². The van der Waals surface area contributed by atoms with Crippen LogP contribution in [0, 0.1) is 0 Å². The van der Waals surface area contributed by atoms with E-state index >= 15 is 0 Å². The monoisotopic (exact) mass is 281 g/mol. The fourth-order valence-corrected chi connectivity index (χ4v) is 4.01. The Hall–Kier alpha value is -0.410. The number of hydrogen-bond donors (Lipinski definition) is 0. The van der Waals surface area contributed by atoms with Gasteiger partial charge in [-0.1, -0.05) is 13.8 Å². The van der Waals surface area contributed by atoms with Gasteiger partial charge in [0.15, 0.2) is 5.78 Å². The van der Waals surface area contributed by atoms with Crippen molar-refractivity contribution in [1.29, 1.82) is 0 Å². The van der Waals surface area contributed by atoms with Gasteiger partial charge < -0.3 is 4.74 Å². The predicted octanol–water partition coefficient (Wildman–Crippen LogP) is 3.56. The highest BCUT2D eigenvalue weighted by Gasteiger charge is 2.40. The smallest absolute Gasteiger partial charge is 0.153 e. The van der Waals surface area contributed by atoms with E-state index < -0.39 is 0 Å². The Labute approximate surface area is 124 Å². The van der Waals surface area contributed by atoms with Crippen molar-refractivity contribution in [1.82, 2.24) is 4.90 Å². The van der Waals surface area contributed by atoms with Crippen LogP contribution in [0.2, 0.25) is 0 Å². The van der Waals surface area contributed by atoms with Crippen molar-refractivity contribution in [2.24, 2.45) is 0 Å². The second-order valence-electron chi connectivity index (χ2n) is 6.38. The van der Waals surface area contributed by atoms with Gasteiger partial charge in [0.2, 0.25) is 0 Å². The average Bonchev–Trinajstić information content (AvgIpc) is 3.14. The zero-order chi connectivity index (χ0) is 14.4. The number of carbonyl (C=O) groups excluding carboxylic acids is 1. The third kappa shape index (κ3) is 3.43. The Morgan fingerprint density at radius 3 is 2.45 bits per heavy atom. The first kappa shape index (κ1) is 16.0. The molecule has 0 aromatic rings. The van der Waals surface area contributed by atoms with Crippen LogP contribution in [0.3, 0.4) is 0 Å². The third-order valence-electron chi connectivity index (χ3n) is 5.35. The molecule has 0 radical (unpaired) electrons. The Morgan fingerprint density at radius 2 is 1.90 bits per heavy atom. The standard InChI is InChI=1S/C17H31NO2/c1-3-17(4-2,18-12-5-6-13-18)16(19)11-7-9-15-10-8-14-20-15/h15H,3-14H2,1-2H3. The summed E-state index contributed by atoms with van der Waals surface area (Å²) in [6, 6.07) is 0. The zero-order valence-corrected chi connectivity index (χ0v) is 13.3. The molecule has 2 fully saturated rings. The third-order valence-corrected chi connectivity index (χ3v) is 5.35. The molecule has 0 bridgehead atoms. The first-order valence-corrected chi connectivity index (χ1v) is 8.63. The molecular formula is C17H31NO2. The van der Waals surface area contributed by atoms with E-state index in [4.69, 9.17) is 4.74 Å². The summed E-state index contributed by atoms with van der Waals surface area (Å²) >= 11 is 0. The molecule has 2 rings (SSSR count). The Kier molecular flexibility index (Phi) is 6.03. The summed E-state index contributed by atoms with van der Waals surface area (Å²) in [6.07, 6.45) is 10.0. The highest BCUT2D eigenvalue weighted by Crippen LogP contribution is 2.31. The van der Waals surface area contributed by atoms with Gasteiger partial charge in [-0.05, 0) is 64.5 Å². The second-order valence-corrected chi connectivity index (χ2v) is 6.38. The summed E-state index contributed by atoms with van der Waals surface area (Å²) in [5, 5.41) is 0. The predicted molar refractivity (Wildman–Crippen MR) is 82.0 cm³/mol. The summed E-state index contributed by atoms with van der Waals surface area (Å²) in [5.41, 5.74) is -0.174. The van der Waals surface area contributed by atoms with E-state index in [1.807, 2.05) is 0 Å². The highest BCUT2D eigenvalue weighted by atomic mass is 16.5. The van der Waals surface area contributed by atoms with E-state index in [0.29, 0.717) is 11.9 Å². The van der Waals surface area contributed by atoms with Crippen molar-refractivity contribution in [3.8, 4) is 0 Å². The first-order chi connectivity index (χ1) is 9.73. The fraction of sp³-hybridized carbons (Fsp3) is 0.941. The zero-order valence-electron chi connectivity index (χ0n) is 13.3. The summed E-state index contributed by atoms with van der Waals surface area (Å²) < 4.78 is 5.65. The van der Waals surface area contributed by atoms with Crippen LogP contribution >= 0.6 is 0 Å². The van der Waals surface area contributed by atoms with Crippen molar-refractivity contribution in [2.75, 3.05) is 19.7 Å². The van der Waals surface area contributed by atoms with Gasteiger partial charge in [0.05, 0.1) is 11.6 Å². The normalized spacial score (nSPS) is 24.4. The molecule has 0 aromatic heterocycles. The summed E-state index contributed by atoms with van der Waals surface area (Å²) in [7, 11) is 0. The van der Waals surface area contributed by atoms with Crippen molar-refractivity contribution < 1.29 is 9.53 Å². The Morgan fingerprint density at radius 1 is 1.20 bits per heavy atom. The molecule has 2 saturated heterocycles. The second kappa shape index (κ2) is 7.56. The van der Waals surface area contributed by atoms with E-state index in [0.717, 1.165) is 51.8 Å². The molecule has 2 heterocycles. The van der Waals surface area contributed by atoms with E-state index in [2.05, 4.69) is 18.7 Å². The van der Waals surface area contributed by atoms with Crippen LogP contribution in [0.25, 0.3) is 0 Å². The molecule has 0 saturated carbocycles. The fourth-order valence-electron chi connectivity index (χ4n) is 4.01. The van der Waals surface area contributed by atoms with E-state index in [1.54, 1.807) is 0 Å². The maximum absolute atomic E-state index is 12.8. The molecule has 3 heteroatoms. The molecule has 1 unspecified atom stereocenters. The number of likely N-dealkylation sites (tertiary alicyclic amines) is 1. The molecule has 3 nitrogen and oxygen atoms in total. The molecule has 0 amide bonds. The molecule has 0 N–H and O–H groups in total. The van der Waals surface area contributed by atoms with E-state index in [-0.39, 0.29) is 5.54 Å². The molecular weight excluding hydrogens is 250 g/mol. The van der Waals surface area contributed by atoms with Gasteiger partial charge in [-0.2, -0.15) is 0 Å². The van der Waals surface area contributed by atoms with Crippen LogP contribution in [-0.2, 0) is 9.53 Å². The summed E-state index contributed by atoms with van der Waals surface area (Å²) in [4.78, 5) is 15.3. The maximum Gasteiger partial charge on any atom is 0.153 e. The summed E-state index contributed by atoms with van der Waals surface area (Å²) in [5.74, 6) is 0.474. The van der Waals surface area contributed by atoms with E-state index in [1.165, 1.54) is 25.7 Å². The number of nitrogens with zero attached hydrogens (tertiary/aromatic N) is 1. The maximum atomic E-state index is 12.8. The SMILES string of the molecule is CCC(CC)(C(=O)CCCC1CCCO1)N1CCCC1. The molecule has 0 spiro atoms. The molecule has 1 atom stereocenters. The van der Waals surface area contributed by atoms with Crippen LogP contribution in [0.5, 0.6) is 0 Å². The lowest BCUT2D eigenvalue weighted by molar-refractivity contribution is -0.131. The molecule has 0 aromatic carbocycles. The van der Waals surface area contributed by atoms with Crippen LogP contribution in [0.15, 0.2) is 0 Å². The lowest BCUT2D eigenvalue weighted by Gasteiger charge is -2.39. The minimum absolute atomic E-state index is 0.174. The summed E-state index contributed by atoms with van der Waals surface area (Å²) in [6.45, 7) is 7.50. The van der Waals surface area contributed by atoms with Crippen molar-refractivity contribution >= 4 is 5.78 Å². The molecule has 116 valence electrons. The number of Topliss-reactive ketones (excluding diaryl/α,β-unsaturated/α-hetero) is 1. The van der Waals surface area contributed by atoms with Crippen LogP contribution in [-0.4, -0.2) is 42.0 Å². The molecule has 2 aliphatic rings. The minimum atomic E-state index is -0.174. The van der Waals surface area contributed by atoms with Gasteiger partial charge in [-0.15, -0.1) is 0 Å². The van der Waals surface area contributed by atoms with Crippen molar-refractivity contribution in [3.63, 3.8) is 0 Å². The molecule has 20 heavy (non-hydrogen) atoms. The van der Waals surface area contributed by atoms with Gasteiger partial charge in [0.1, 0.15) is 0 Å². The number of rotatable bonds is 8. The Balaban J connectivity index is 1.85. The number of hydrogen-bond acceptors (Lipinski definition) is 3. The van der Waals surface area contributed by atoms with Crippen molar-refractivity contribution in [3.05, 3.63) is 0 Å². The van der Waals surface area contributed by atoms with Crippen molar-refractivity contribution in [2.45, 2.75) is 83.3 Å². The topological polar surface area (TPSA) is 29.5 Å². The quantitative estimate of drug-likeness (QED) is 0.681. The number of ketones is 1. The number of carbonyl (C=O) groups is 1. The number of ether oxygens (including phenoxy) is 1. The first-order valence-electron chi connectivity index (χ1n) is 8.63. The lowest BCUT2D eigenvalue weighted by atomic mass is 9.83. The average molecular weight is 281 g/mol. The van der Waals surface area contributed by atoms with Crippen LogP contribution in [0.1, 0.15) is 71.6 Å². The van der Waals surface area contributed by atoms with Gasteiger partial charge in [0, 0.05) is 13.0 Å². The Bertz CT molecular complexity index is 300. The van der Waals surface area contributed by atoms with Crippen LogP contribution < -0.4 is 0 Å². The molecule has 2 aliphatic heterocycles. The van der Waals surface area contributed by atoms with E-state index in [9.17, 15) is 4.79 Å². The van der Waals surface area contributed by atoms with Gasteiger partial charge in [0.25, 0.3) is 0 Å². The van der Waals surface area contributed by atoms with Gasteiger partial charge >= 0.3 is 0 Å². The lowest BCUT2D eigenvalue weighted by Crippen LogP contribution is -2.52. The highest BCUT2D eigenvalue weighted by molar-refractivity contribution is 5.88. The minimum Gasteiger partial charge on any atom is -0.378 e. The van der Waals surface area contributed by atoms with Gasteiger partial charge in [-0.3, -0.25) is 9.69 Å². The van der Waals surface area contributed by atoms with Gasteiger partial charge in [-0.25, -0.2) is 0 Å².